The summed E-state index contributed by atoms with van der Waals surface area (Å²) in [5.41, 5.74) is 7.63. The molecule has 1 saturated heterocycles. The fourth-order valence-corrected chi connectivity index (χ4v) is 3.58. The first-order chi connectivity index (χ1) is 9.15. The standard InChI is InChI=1S/C14H17BrN2OS/c15-11-7-9(3-4-10(11)14(16)19)17-12-5-6-18-13(12)8-1-2-8/h3-4,7-8,12-13,17H,1-2,5-6H2,(H2,16,19). The van der Waals surface area contributed by atoms with Crippen molar-refractivity contribution in [1.82, 2.24) is 0 Å². The highest BCUT2D eigenvalue weighted by Crippen LogP contribution is 2.39. The summed E-state index contributed by atoms with van der Waals surface area (Å²) in [5.74, 6) is 0.763. The van der Waals surface area contributed by atoms with Gasteiger partial charge in [0.15, 0.2) is 0 Å². The number of benzene rings is 1. The largest absolute Gasteiger partial charge is 0.389 e. The van der Waals surface area contributed by atoms with Crippen LogP contribution in [0.4, 0.5) is 5.69 Å². The van der Waals surface area contributed by atoms with E-state index in [1.54, 1.807) is 0 Å². The molecule has 3 rings (SSSR count). The normalized spacial score (nSPS) is 26.4. The molecular weight excluding hydrogens is 324 g/mol. The zero-order valence-corrected chi connectivity index (χ0v) is 13.0. The lowest BCUT2D eigenvalue weighted by molar-refractivity contribution is 0.0898. The van der Waals surface area contributed by atoms with Crippen molar-refractivity contribution in [3.63, 3.8) is 0 Å². The second-order valence-electron chi connectivity index (χ2n) is 5.27. The number of nitrogens with two attached hydrogens (primary N) is 1. The smallest absolute Gasteiger partial charge is 0.105 e. The highest BCUT2D eigenvalue weighted by atomic mass is 79.9. The van der Waals surface area contributed by atoms with Gasteiger partial charge in [-0.3, -0.25) is 0 Å². The Hall–Kier alpha value is -0.650. The maximum Gasteiger partial charge on any atom is 0.105 e. The van der Waals surface area contributed by atoms with Crippen LogP contribution in [0.5, 0.6) is 0 Å². The summed E-state index contributed by atoms with van der Waals surface area (Å²) in [6.07, 6.45) is 4.09. The van der Waals surface area contributed by atoms with Crippen molar-refractivity contribution in [1.29, 1.82) is 0 Å². The van der Waals surface area contributed by atoms with Crippen LogP contribution in [-0.4, -0.2) is 23.7 Å². The molecule has 1 heterocycles. The van der Waals surface area contributed by atoms with Gasteiger partial charge in [0.1, 0.15) is 4.99 Å². The zero-order valence-electron chi connectivity index (χ0n) is 10.6. The molecule has 2 fully saturated rings. The molecule has 102 valence electrons. The summed E-state index contributed by atoms with van der Waals surface area (Å²) in [5, 5.41) is 3.58. The Morgan fingerprint density at radius 1 is 1.37 bits per heavy atom. The molecule has 3 N–H and O–H groups in total. The molecule has 1 aromatic carbocycles. The Balaban J connectivity index is 1.72. The number of rotatable bonds is 4. The number of thiocarbonyl (C=S) groups is 1. The van der Waals surface area contributed by atoms with Crippen LogP contribution in [0.2, 0.25) is 0 Å². The lowest BCUT2D eigenvalue weighted by atomic mass is 10.1. The average Bonchev–Trinajstić information content (AvgIpc) is 3.10. The molecule has 1 saturated carbocycles. The number of anilines is 1. The van der Waals surface area contributed by atoms with Crippen LogP contribution in [0.15, 0.2) is 22.7 Å². The van der Waals surface area contributed by atoms with Crippen LogP contribution in [0, 0.1) is 5.92 Å². The predicted octanol–water partition coefficient (Wildman–Crippen LogP) is 3.06. The monoisotopic (exact) mass is 340 g/mol. The van der Waals surface area contributed by atoms with Crippen LogP contribution in [0.1, 0.15) is 24.8 Å². The number of halogens is 1. The van der Waals surface area contributed by atoms with Gasteiger partial charge >= 0.3 is 0 Å². The van der Waals surface area contributed by atoms with Crippen molar-refractivity contribution in [3.05, 3.63) is 28.2 Å². The third-order valence-corrected chi connectivity index (χ3v) is 4.68. The first kappa shape index (κ1) is 13.3. The van der Waals surface area contributed by atoms with E-state index in [1.807, 2.05) is 18.2 Å². The molecule has 0 bridgehead atoms. The molecule has 2 aliphatic rings. The van der Waals surface area contributed by atoms with Crippen LogP contribution in [0.3, 0.4) is 0 Å². The zero-order chi connectivity index (χ0) is 13.4. The molecule has 5 heteroatoms. The summed E-state index contributed by atoms with van der Waals surface area (Å²) < 4.78 is 6.78. The highest BCUT2D eigenvalue weighted by molar-refractivity contribution is 9.10. The average molecular weight is 341 g/mol. The second kappa shape index (κ2) is 5.38. The van der Waals surface area contributed by atoms with E-state index in [-0.39, 0.29) is 0 Å². The Kier molecular flexibility index (Phi) is 3.78. The van der Waals surface area contributed by atoms with Crippen LogP contribution < -0.4 is 11.1 Å². The predicted molar refractivity (Wildman–Crippen MR) is 84.5 cm³/mol. The summed E-state index contributed by atoms with van der Waals surface area (Å²) in [7, 11) is 0. The van der Waals surface area contributed by atoms with E-state index in [1.165, 1.54) is 12.8 Å². The SMILES string of the molecule is NC(=S)c1ccc(NC2CCOC2C2CC2)cc1Br. The molecule has 1 aromatic rings. The summed E-state index contributed by atoms with van der Waals surface area (Å²) >= 11 is 8.52. The number of ether oxygens (including phenoxy) is 1. The van der Waals surface area contributed by atoms with Gasteiger partial charge in [-0.2, -0.15) is 0 Å². The van der Waals surface area contributed by atoms with Gasteiger partial charge in [0.05, 0.1) is 12.1 Å². The molecule has 2 unspecified atom stereocenters. The minimum atomic E-state index is 0.383. The minimum absolute atomic E-state index is 0.383. The number of hydrogen-bond acceptors (Lipinski definition) is 3. The van der Waals surface area contributed by atoms with E-state index in [4.69, 9.17) is 22.7 Å². The van der Waals surface area contributed by atoms with Crippen molar-refractivity contribution >= 4 is 38.8 Å². The van der Waals surface area contributed by atoms with Crippen molar-refractivity contribution in [2.24, 2.45) is 11.7 Å². The van der Waals surface area contributed by atoms with E-state index >= 15 is 0 Å². The Morgan fingerprint density at radius 3 is 2.79 bits per heavy atom. The van der Waals surface area contributed by atoms with E-state index in [2.05, 4.69) is 21.2 Å². The molecule has 0 amide bonds. The maximum absolute atomic E-state index is 5.84. The fourth-order valence-electron chi connectivity index (χ4n) is 2.67. The molecule has 2 atom stereocenters. The Labute approximate surface area is 127 Å². The maximum atomic E-state index is 5.84. The van der Waals surface area contributed by atoms with Crippen molar-refractivity contribution in [2.45, 2.75) is 31.4 Å². The second-order valence-corrected chi connectivity index (χ2v) is 6.57. The van der Waals surface area contributed by atoms with Crippen molar-refractivity contribution in [2.75, 3.05) is 11.9 Å². The van der Waals surface area contributed by atoms with Crippen LogP contribution >= 0.6 is 28.1 Å². The first-order valence-electron chi connectivity index (χ1n) is 6.62. The van der Waals surface area contributed by atoms with Crippen molar-refractivity contribution < 1.29 is 4.74 Å². The molecule has 3 nitrogen and oxygen atoms in total. The Bertz CT molecular complexity index is 504. The van der Waals surface area contributed by atoms with Gasteiger partial charge in [0.2, 0.25) is 0 Å². The molecule has 1 aliphatic heterocycles. The van der Waals surface area contributed by atoms with Gasteiger partial charge in [-0.05, 0) is 59.3 Å². The van der Waals surface area contributed by atoms with E-state index in [0.29, 0.717) is 17.1 Å². The van der Waals surface area contributed by atoms with Gasteiger partial charge in [-0.25, -0.2) is 0 Å². The fraction of sp³-hybridized carbons (Fsp3) is 0.500. The van der Waals surface area contributed by atoms with Gasteiger partial charge in [0.25, 0.3) is 0 Å². The van der Waals surface area contributed by atoms with E-state index in [9.17, 15) is 0 Å². The molecule has 1 aliphatic carbocycles. The lowest BCUT2D eigenvalue weighted by Crippen LogP contribution is -2.30. The molecule has 0 spiro atoms. The third kappa shape index (κ3) is 2.93. The first-order valence-corrected chi connectivity index (χ1v) is 7.83. The lowest BCUT2D eigenvalue weighted by Gasteiger charge is -2.21. The summed E-state index contributed by atoms with van der Waals surface area (Å²) in [6, 6.07) is 6.45. The van der Waals surface area contributed by atoms with E-state index in [0.717, 1.165) is 34.7 Å². The highest BCUT2D eigenvalue weighted by Gasteiger charge is 2.40. The molecule has 0 radical (unpaired) electrons. The Morgan fingerprint density at radius 2 is 2.16 bits per heavy atom. The van der Waals surface area contributed by atoms with Crippen molar-refractivity contribution in [3.8, 4) is 0 Å². The van der Waals surface area contributed by atoms with Gasteiger partial charge in [-0.15, -0.1) is 0 Å². The van der Waals surface area contributed by atoms with Gasteiger partial charge in [0, 0.05) is 22.3 Å². The molecule has 0 aromatic heterocycles. The third-order valence-electron chi connectivity index (χ3n) is 3.81. The molecular formula is C14H17BrN2OS. The summed E-state index contributed by atoms with van der Waals surface area (Å²) in [6.45, 7) is 0.866. The molecule has 19 heavy (non-hydrogen) atoms. The van der Waals surface area contributed by atoms with Gasteiger partial charge < -0.3 is 15.8 Å². The summed E-state index contributed by atoms with van der Waals surface area (Å²) in [4.78, 5) is 0.415. The van der Waals surface area contributed by atoms with Gasteiger partial charge in [-0.1, -0.05) is 12.2 Å². The minimum Gasteiger partial charge on any atom is -0.389 e. The van der Waals surface area contributed by atoms with E-state index < -0.39 is 0 Å². The number of nitrogens with one attached hydrogen (secondary N) is 1. The van der Waals surface area contributed by atoms with Crippen LogP contribution in [-0.2, 0) is 4.74 Å². The number of hydrogen-bond donors (Lipinski definition) is 2. The van der Waals surface area contributed by atoms with Crippen LogP contribution in [0.25, 0.3) is 0 Å². The topological polar surface area (TPSA) is 47.3 Å². The quantitative estimate of drug-likeness (QED) is 0.827.